The zero-order valence-electron chi connectivity index (χ0n) is 9.96. The van der Waals surface area contributed by atoms with Crippen molar-refractivity contribution in [3.63, 3.8) is 0 Å². The van der Waals surface area contributed by atoms with Crippen LogP contribution in [-0.2, 0) is 14.3 Å². The predicted molar refractivity (Wildman–Crippen MR) is 60.2 cm³/mol. The number of carbonyl (C=O) groups excluding carboxylic acids is 1. The molecule has 0 heterocycles. The molecule has 3 nitrogen and oxygen atoms in total. The average Bonchev–Trinajstić information content (AvgIpc) is 2.26. The van der Waals surface area contributed by atoms with E-state index in [4.69, 9.17) is 4.74 Å². The third-order valence-corrected chi connectivity index (χ3v) is 2.31. The van der Waals surface area contributed by atoms with Crippen LogP contribution < -0.4 is 0 Å². The van der Waals surface area contributed by atoms with Crippen LogP contribution in [0.5, 0.6) is 0 Å². The fourth-order valence-electron chi connectivity index (χ4n) is 1.39. The molecular weight excluding hydrogens is 192 g/mol. The molecule has 0 aromatic heterocycles. The van der Waals surface area contributed by atoms with Crippen molar-refractivity contribution in [2.75, 3.05) is 6.61 Å². The van der Waals surface area contributed by atoms with Crippen LogP contribution in [0.15, 0.2) is 0 Å². The molecule has 0 aliphatic carbocycles. The van der Waals surface area contributed by atoms with Crippen LogP contribution in [0.25, 0.3) is 0 Å². The first-order valence-corrected chi connectivity index (χ1v) is 5.99. The van der Waals surface area contributed by atoms with Crippen LogP contribution in [0.1, 0.15) is 58.8 Å². The normalized spacial score (nSPS) is 12.4. The highest BCUT2D eigenvalue weighted by Gasteiger charge is 2.05. The molecule has 0 bridgehead atoms. The molecule has 0 N–H and O–H groups in total. The van der Waals surface area contributed by atoms with Crippen molar-refractivity contribution >= 4 is 6.47 Å². The van der Waals surface area contributed by atoms with Gasteiger partial charge in [-0.2, -0.15) is 0 Å². The lowest BCUT2D eigenvalue weighted by atomic mass is 10.1. The number of rotatable bonds is 11. The molecule has 0 aromatic rings. The Morgan fingerprint density at radius 1 is 1.07 bits per heavy atom. The first kappa shape index (κ1) is 14.4. The maximum atomic E-state index is 9.95. The third kappa shape index (κ3) is 9.73. The molecular formula is C12H23O3. The Balaban J connectivity index is 3.17. The Morgan fingerprint density at radius 3 is 2.33 bits per heavy atom. The van der Waals surface area contributed by atoms with Gasteiger partial charge in [0, 0.05) is 6.42 Å². The number of hydrogen-bond acceptors (Lipinski definition) is 3. The van der Waals surface area contributed by atoms with Crippen LogP contribution in [0, 0.1) is 0 Å². The first-order chi connectivity index (χ1) is 7.35. The second-order valence-corrected chi connectivity index (χ2v) is 3.68. The SMILES string of the molecule is CCCCCCCCOC(CC)O[C]=O. The zero-order chi connectivity index (χ0) is 11.4. The summed E-state index contributed by atoms with van der Waals surface area (Å²) in [6.07, 6.45) is 7.70. The average molecular weight is 215 g/mol. The van der Waals surface area contributed by atoms with Crippen molar-refractivity contribution in [3.8, 4) is 0 Å². The van der Waals surface area contributed by atoms with Crippen molar-refractivity contribution < 1.29 is 14.3 Å². The van der Waals surface area contributed by atoms with Gasteiger partial charge in [-0.25, -0.2) is 4.79 Å². The molecule has 0 saturated carbocycles. The van der Waals surface area contributed by atoms with Gasteiger partial charge in [0.25, 0.3) is 0 Å². The highest BCUT2D eigenvalue weighted by Crippen LogP contribution is 2.06. The Hall–Kier alpha value is -0.570. The molecule has 0 rings (SSSR count). The van der Waals surface area contributed by atoms with Gasteiger partial charge in [-0.1, -0.05) is 46.0 Å². The van der Waals surface area contributed by atoms with E-state index in [0.29, 0.717) is 13.0 Å². The Kier molecular flexibility index (Phi) is 11.1. The van der Waals surface area contributed by atoms with Gasteiger partial charge in [0.15, 0.2) is 0 Å². The van der Waals surface area contributed by atoms with E-state index >= 15 is 0 Å². The summed E-state index contributed by atoms with van der Waals surface area (Å²) in [5, 5.41) is 0. The van der Waals surface area contributed by atoms with Crippen molar-refractivity contribution in [1.29, 1.82) is 0 Å². The maximum absolute atomic E-state index is 9.95. The monoisotopic (exact) mass is 215 g/mol. The van der Waals surface area contributed by atoms with Gasteiger partial charge in [0.05, 0.1) is 6.61 Å². The number of unbranched alkanes of at least 4 members (excludes halogenated alkanes) is 5. The fraction of sp³-hybridized carbons (Fsp3) is 0.917. The molecule has 3 heteroatoms. The molecule has 1 unspecified atom stereocenters. The van der Waals surface area contributed by atoms with Gasteiger partial charge < -0.3 is 9.47 Å². The van der Waals surface area contributed by atoms with Crippen LogP contribution >= 0.6 is 0 Å². The second kappa shape index (κ2) is 11.5. The molecule has 89 valence electrons. The quantitative estimate of drug-likeness (QED) is 0.392. The molecule has 15 heavy (non-hydrogen) atoms. The molecule has 1 radical (unpaired) electrons. The maximum Gasteiger partial charge on any atom is 0.419 e. The highest BCUT2D eigenvalue weighted by molar-refractivity contribution is 5.38. The van der Waals surface area contributed by atoms with Gasteiger partial charge in [-0.05, 0) is 6.42 Å². The molecule has 0 aliphatic heterocycles. The second-order valence-electron chi connectivity index (χ2n) is 3.68. The molecule has 0 aliphatic rings. The predicted octanol–water partition coefficient (Wildman–Crippen LogP) is 3.18. The zero-order valence-corrected chi connectivity index (χ0v) is 9.96. The van der Waals surface area contributed by atoms with Crippen LogP contribution in [0.4, 0.5) is 0 Å². The van der Waals surface area contributed by atoms with Gasteiger partial charge in [0.1, 0.15) is 0 Å². The summed E-state index contributed by atoms with van der Waals surface area (Å²) in [5.74, 6) is 0. The molecule has 0 amide bonds. The van der Waals surface area contributed by atoms with Gasteiger partial charge in [-0.3, -0.25) is 0 Å². The summed E-state index contributed by atoms with van der Waals surface area (Å²) < 4.78 is 9.96. The lowest BCUT2D eigenvalue weighted by Crippen LogP contribution is -2.15. The number of hydrogen-bond donors (Lipinski definition) is 0. The molecule has 0 fully saturated rings. The third-order valence-electron chi connectivity index (χ3n) is 2.31. The standard InChI is InChI=1S/C12H23O3/c1-3-5-6-7-8-9-10-14-12(4-2)15-11-13/h12H,3-10H2,1-2H3. The van der Waals surface area contributed by atoms with Gasteiger partial charge in [0.2, 0.25) is 6.29 Å². The molecule has 0 saturated heterocycles. The minimum atomic E-state index is -0.404. The minimum absolute atomic E-state index is 0.404. The Morgan fingerprint density at radius 2 is 1.73 bits per heavy atom. The van der Waals surface area contributed by atoms with E-state index in [1.54, 1.807) is 0 Å². The van der Waals surface area contributed by atoms with Crippen LogP contribution in [0.2, 0.25) is 0 Å². The highest BCUT2D eigenvalue weighted by atomic mass is 16.7. The van der Waals surface area contributed by atoms with Crippen molar-refractivity contribution in [1.82, 2.24) is 0 Å². The summed E-state index contributed by atoms with van der Waals surface area (Å²) in [5.41, 5.74) is 0. The van der Waals surface area contributed by atoms with Crippen LogP contribution in [0.3, 0.4) is 0 Å². The van der Waals surface area contributed by atoms with Crippen molar-refractivity contribution in [2.45, 2.75) is 65.1 Å². The minimum Gasteiger partial charge on any atom is -0.427 e. The van der Waals surface area contributed by atoms with E-state index in [0.717, 1.165) is 6.42 Å². The lowest BCUT2D eigenvalue weighted by molar-refractivity contribution is -0.0914. The van der Waals surface area contributed by atoms with E-state index < -0.39 is 6.29 Å². The largest absolute Gasteiger partial charge is 0.427 e. The van der Waals surface area contributed by atoms with E-state index in [2.05, 4.69) is 11.7 Å². The molecule has 0 spiro atoms. The van der Waals surface area contributed by atoms with E-state index in [-0.39, 0.29) is 0 Å². The number of ether oxygens (including phenoxy) is 2. The van der Waals surface area contributed by atoms with E-state index in [1.807, 2.05) is 6.92 Å². The van der Waals surface area contributed by atoms with E-state index in [9.17, 15) is 4.79 Å². The Labute approximate surface area is 93.1 Å². The van der Waals surface area contributed by atoms with Crippen LogP contribution in [-0.4, -0.2) is 19.4 Å². The van der Waals surface area contributed by atoms with Crippen molar-refractivity contribution in [3.05, 3.63) is 0 Å². The summed E-state index contributed by atoms with van der Waals surface area (Å²) in [6, 6.07) is 0. The lowest BCUT2D eigenvalue weighted by Gasteiger charge is -2.12. The van der Waals surface area contributed by atoms with Gasteiger partial charge in [-0.15, -0.1) is 0 Å². The van der Waals surface area contributed by atoms with Crippen molar-refractivity contribution in [2.24, 2.45) is 0 Å². The summed E-state index contributed by atoms with van der Waals surface area (Å²) in [6.45, 7) is 6.22. The summed E-state index contributed by atoms with van der Waals surface area (Å²) in [4.78, 5) is 9.95. The van der Waals surface area contributed by atoms with E-state index in [1.165, 1.54) is 38.6 Å². The topological polar surface area (TPSA) is 35.5 Å². The summed E-state index contributed by atoms with van der Waals surface area (Å²) in [7, 11) is 0. The Bertz CT molecular complexity index is 137. The molecule has 1 atom stereocenters. The first-order valence-electron chi connectivity index (χ1n) is 5.99. The fourth-order valence-corrected chi connectivity index (χ4v) is 1.39. The smallest absolute Gasteiger partial charge is 0.419 e. The summed E-state index contributed by atoms with van der Waals surface area (Å²) >= 11 is 0. The molecule has 0 aromatic carbocycles. The van der Waals surface area contributed by atoms with Gasteiger partial charge >= 0.3 is 6.47 Å².